The van der Waals surface area contributed by atoms with Crippen LogP contribution in [0.5, 0.6) is 6.01 Å². The fourth-order valence-corrected chi connectivity index (χ4v) is 7.08. The Kier molecular flexibility index (Phi) is 6.20. The number of hydrogen-bond acceptors (Lipinski definition) is 10. The maximum Gasteiger partial charge on any atom is 0.319 e. The molecule has 7 rings (SSSR count). The summed E-state index contributed by atoms with van der Waals surface area (Å²) in [6, 6.07) is 5.19. The van der Waals surface area contributed by atoms with Gasteiger partial charge in [0.25, 0.3) is 6.43 Å². The molecule has 0 radical (unpaired) electrons. The summed E-state index contributed by atoms with van der Waals surface area (Å²) in [6.45, 7) is 2.11. The number of benzene rings is 1. The number of ether oxygens (including phenoxy) is 1. The van der Waals surface area contributed by atoms with E-state index >= 15 is 0 Å². The van der Waals surface area contributed by atoms with Gasteiger partial charge in [0.05, 0.1) is 32.4 Å². The topological polar surface area (TPSA) is 105 Å². The molecule has 3 N–H and O–H groups in total. The van der Waals surface area contributed by atoms with E-state index in [2.05, 4.69) is 27.2 Å². The number of halogens is 3. The van der Waals surface area contributed by atoms with Crippen molar-refractivity contribution in [1.82, 2.24) is 30.2 Å². The van der Waals surface area contributed by atoms with Crippen molar-refractivity contribution in [1.29, 1.82) is 0 Å². The molecular formula is C27H29F3N8OS. The first-order chi connectivity index (χ1) is 19.3. The highest BCUT2D eigenvalue weighted by Crippen LogP contribution is 2.39. The van der Waals surface area contributed by atoms with E-state index < -0.39 is 17.8 Å². The van der Waals surface area contributed by atoms with E-state index in [0.717, 1.165) is 30.7 Å². The van der Waals surface area contributed by atoms with Gasteiger partial charge in [-0.05, 0) is 57.5 Å². The molecule has 3 aliphatic rings. The summed E-state index contributed by atoms with van der Waals surface area (Å²) in [5.74, 6) is 0.131. The third kappa shape index (κ3) is 4.31. The lowest BCUT2D eigenvalue weighted by atomic mass is 9.97. The number of nitrogens with zero attached hydrogens (tertiary/aromatic N) is 6. The van der Waals surface area contributed by atoms with Crippen LogP contribution in [0.1, 0.15) is 25.7 Å². The molecule has 2 bridgehead atoms. The van der Waals surface area contributed by atoms with Crippen LogP contribution in [0.15, 0.2) is 24.4 Å². The van der Waals surface area contributed by atoms with Crippen molar-refractivity contribution in [3.8, 4) is 17.3 Å². The third-order valence-electron chi connectivity index (χ3n) is 8.47. The van der Waals surface area contributed by atoms with Gasteiger partial charge in [-0.25, -0.2) is 18.2 Å². The number of pyridine rings is 1. The normalized spacial score (nSPS) is 25.1. The molecule has 3 aromatic heterocycles. The number of piperazine rings is 1. The van der Waals surface area contributed by atoms with Crippen LogP contribution >= 0.6 is 11.3 Å². The smallest absolute Gasteiger partial charge is 0.319 e. The molecule has 6 heterocycles. The summed E-state index contributed by atoms with van der Waals surface area (Å²) in [5.41, 5.74) is 6.77. The summed E-state index contributed by atoms with van der Waals surface area (Å²) in [5, 5.41) is 4.05. The number of nitrogen functional groups attached to an aromatic ring is 1. The van der Waals surface area contributed by atoms with Crippen molar-refractivity contribution < 1.29 is 17.9 Å². The van der Waals surface area contributed by atoms with Crippen LogP contribution in [-0.2, 0) is 0 Å². The summed E-state index contributed by atoms with van der Waals surface area (Å²) < 4.78 is 49.3. The number of thiazole rings is 1. The molecule has 3 atom stereocenters. The highest BCUT2D eigenvalue weighted by Gasteiger charge is 2.51. The van der Waals surface area contributed by atoms with Crippen molar-refractivity contribution in [2.75, 3.05) is 43.9 Å². The van der Waals surface area contributed by atoms with E-state index in [1.165, 1.54) is 6.07 Å². The molecule has 210 valence electrons. The number of aromatic nitrogens is 4. The quantitative estimate of drug-likeness (QED) is 0.355. The predicted octanol–water partition coefficient (Wildman–Crippen LogP) is 4.07. The molecule has 0 spiro atoms. The van der Waals surface area contributed by atoms with Crippen molar-refractivity contribution in [2.45, 2.75) is 49.7 Å². The first kappa shape index (κ1) is 25.7. The van der Waals surface area contributed by atoms with E-state index in [4.69, 9.17) is 20.4 Å². The van der Waals surface area contributed by atoms with Gasteiger partial charge in [0.2, 0.25) is 0 Å². The Morgan fingerprint density at radius 1 is 1.25 bits per heavy atom. The van der Waals surface area contributed by atoms with Gasteiger partial charge < -0.3 is 25.6 Å². The summed E-state index contributed by atoms with van der Waals surface area (Å²) in [6.07, 6.45) is 2.37. The molecule has 40 heavy (non-hydrogen) atoms. The number of fused-ring (bicyclic) bond motifs is 4. The Hall–Kier alpha value is -3.29. The molecule has 0 aliphatic carbocycles. The number of likely N-dealkylation sites (N-methyl/N-ethyl adjacent to an activating group) is 1. The summed E-state index contributed by atoms with van der Waals surface area (Å²) >= 11 is 1.08. The molecule has 0 amide bonds. The molecular weight excluding hydrogens is 541 g/mol. The lowest BCUT2D eigenvalue weighted by Gasteiger charge is -2.41. The van der Waals surface area contributed by atoms with Crippen LogP contribution < -0.4 is 20.7 Å². The van der Waals surface area contributed by atoms with Gasteiger partial charge in [0.1, 0.15) is 18.2 Å². The van der Waals surface area contributed by atoms with Crippen LogP contribution in [0.2, 0.25) is 0 Å². The van der Waals surface area contributed by atoms with Gasteiger partial charge in [-0.1, -0.05) is 11.3 Å². The minimum atomic E-state index is -2.50. The largest absolute Gasteiger partial charge is 0.462 e. The van der Waals surface area contributed by atoms with Crippen LogP contribution in [0.25, 0.3) is 32.4 Å². The fourth-order valence-electron chi connectivity index (χ4n) is 6.32. The van der Waals surface area contributed by atoms with Gasteiger partial charge in [0.15, 0.2) is 5.13 Å². The van der Waals surface area contributed by atoms with E-state index in [1.54, 1.807) is 18.3 Å². The second kappa shape index (κ2) is 9.67. The van der Waals surface area contributed by atoms with Gasteiger partial charge in [0, 0.05) is 36.9 Å². The van der Waals surface area contributed by atoms with Crippen molar-refractivity contribution in [3.05, 3.63) is 30.2 Å². The summed E-state index contributed by atoms with van der Waals surface area (Å²) in [4.78, 5) is 22.6. The van der Waals surface area contributed by atoms with Crippen LogP contribution in [-0.4, -0.2) is 82.2 Å². The Morgan fingerprint density at radius 3 is 2.92 bits per heavy atom. The van der Waals surface area contributed by atoms with Crippen molar-refractivity contribution >= 4 is 43.4 Å². The van der Waals surface area contributed by atoms with Gasteiger partial charge in [-0.2, -0.15) is 9.97 Å². The molecule has 13 heteroatoms. The number of nitrogens with one attached hydrogen (secondary N) is 1. The molecule has 2 unspecified atom stereocenters. The second-order valence-electron chi connectivity index (χ2n) is 11.0. The van der Waals surface area contributed by atoms with Crippen molar-refractivity contribution in [3.63, 3.8) is 0 Å². The Labute approximate surface area is 232 Å². The minimum Gasteiger partial charge on any atom is -0.462 e. The predicted molar refractivity (Wildman–Crippen MR) is 149 cm³/mol. The zero-order chi connectivity index (χ0) is 27.6. The maximum absolute atomic E-state index is 14.4. The van der Waals surface area contributed by atoms with Crippen LogP contribution in [0.4, 0.5) is 24.1 Å². The van der Waals surface area contributed by atoms with Crippen molar-refractivity contribution in [2.24, 2.45) is 0 Å². The Bertz CT molecular complexity index is 1600. The lowest BCUT2D eigenvalue weighted by molar-refractivity contribution is 0.0367. The molecule has 1 aromatic carbocycles. The monoisotopic (exact) mass is 570 g/mol. The van der Waals surface area contributed by atoms with E-state index in [-0.39, 0.29) is 29.8 Å². The van der Waals surface area contributed by atoms with Gasteiger partial charge >= 0.3 is 6.01 Å². The van der Waals surface area contributed by atoms with Gasteiger partial charge in [-0.15, -0.1) is 0 Å². The number of alkyl halides is 2. The highest BCUT2D eigenvalue weighted by molar-refractivity contribution is 7.22. The standard InChI is InChI=1S/C27H29F3N8OS/c1-37-8-2-3-15(37)12-39-26-33-20-9-19(16-4-5-18(28)22-21(16)34-25(31)40-22)32-10-17(20)23(35-26)38-11-14-6-7-27(13-38,36-14)24(29)30/h4-5,9-10,14-15,24,36H,2-3,6-8,11-13H2,1H3,(H2,31,34)/t14?,15?,27-/m0/s1. The number of likely N-dealkylation sites (tertiary alicyclic amines) is 1. The SMILES string of the molecule is CN1CCCC1COc1nc(N2CC3CC[C@@](C(F)F)(C2)N3)c2cnc(-c3ccc(F)c4sc(N)nc34)cc2n1. The molecule has 3 fully saturated rings. The molecule has 4 aromatic rings. The first-order valence-corrected chi connectivity index (χ1v) is 14.3. The van der Waals surface area contributed by atoms with E-state index in [9.17, 15) is 13.2 Å². The first-order valence-electron chi connectivity index (χ1n) is 13.5. The van der Waals surface area contributed by atoms with E-state index in [0.29, 0.717) is 64.2 Å². The molecule has 3 aliphatic heterocycles. The van der Waals surface area contributed by atoms with Crippen LogP contribution in [0.3, 0.4) is 0 Å². The number of nitrogens with two attached hydrogens (primary N) is 1. The average Bonchev–Trinajstić information content (AvgIpc) is 3.63. The Morgan fingerprint density at radius 2 is 2.12 bits per heavy atom. The van der Waals surface area contributed by atoms with Gasteiger partial charge in [-0.3, -0.25) is 4.98 Å². The molecule has 3 saturated heterocycles. The van der Waals surface area contributed by atoms with E-state index in [1.807, 2.05) is 4.90 Å². The lowest BCUT2D eigenvalue weighted by Crippen LogP contribution is -2.63. The third-order valence-corrected chi connectivity index (χ3v) is 9.36. The zero-order valence-electron chi connectivity index (χ0n) is 21.9. The maximum atomic E-state index is 14.4. The number of hydrogen-bond donors (Lipinski definition) is 2. The fraction of sp³-hybridized carbons (Fsp3) is 0.481. The number of anilines is 2. The Balaban J connectivity index is 1.32. The zero-order valence-corrected chi connectivity index (χ0v) is 22.7. The highest BCUT2D eigenvalue weighted by atomic mass is 32.1. The number of rotatable bonds is 6. The minimum absolute atomic E-state index is 0.0564. The summed E-state index contributed by atoms with van der Waals surface area (Å²) in [7, 11) is 2.07. The second-order valence-corrected chi connectivity index (χ2v) is 12.1. The molecule has 0 saturated carbocycles. The van der Waals surface area contributed by atoms with Crippen LogP contribution in [0, 0.1) is 5.82 Å². The average molecular weight is 571 g/mol. The molecule has 9 nitrogen and oxygen atoms in total.